The van der Waals surface area contributed by atoms with Gasteiger partial charge in [-0.3, -0.25) is 9.59 Å². The zero-order chi connectivity index (χ0) is 25.6. The van der Waals surface area contributed by atoms with Crippen LogP contribution in [0.1, 0.15) is 64.7 Å². The van der Waals surface area contributed by atoms with E-state index in [2.05, 4.69) is 4.74 Å². The molecule has 0 aromatic rings. The maximum absolute atomic E-state index is 13.8. The Balaban J connectivity index is 1.61. The second-order valence-electron chi connectivity index (χ2n) is 9.92. The van der Waals surface area contributed by atoms with Crippen LogP contribution in [-0.4, -0.2) is 53.7 Å². The molecule has 0 heterocycles. The van der Waals surface area contributed by atoms with E-state index in [9.17, 15) is 45.1 Å². The van der Waals surface area contributed by atoms with Crippen molar-refractivity contribution in [2.45, 2.75) is 93.9 Å². The highest BCUT2D eigenvalue weighted by Gasteiger charge is 2.63. The molecule has 194 valence electrons. The molecule has 4 bridgehead atoms. The Hall–Kier alpha value is -2.08. The first-order chi connectivity index (χ1) is 15.4. The summed E-state index contributed by atoms with van der Waals surface area (Å²) in [5, 5.41) is 0. The number of carbonyl (C=O) groups excluding carboxylic acids is 3. The summed E-state index contributed by atoms with van der Waals surface area (Å²) in [6.45, 7) is -0.579. The maximum Gasteiger partial charge on any atom is 0.395 e. The molecule has 34 heavy (non-hydrogen) atoms. The van der Waals surface area contributed by atoms with Crippen molar-refractivity contribution < 1.29 is 59.3 Å². The fraction of sp³-hybridized carbons (Fsp3) is 0.857. The molecule has 0 aromatic carbocycles. The first kappa shape index (κ1) is 26.5. The largest absolute Gasteiger partial charge is 0.459 e. The molecule has 0 radical (unpaired) electrons. The Morgan fingerprint density at radius 1 is 0.824 bits per heavy atom. The number of carbonyl (C=O) groups is 3. The fourth-order valence-corrected chi connectivity index (χ4v) is 5.71. The molecule has 4 aliphatic rings. The van der Waals surface area contributed by atoms with Gasteiger partial charge in [-0.15, -0.1) is 0 Å². The van der Waals surface area contributed by atoms with E-state index in [4.69, 9.17) is 9.47 Å². The molecule has 2 unspecified atom stereocenters. The minimum absolute atomic E-state index is 0.140. The quantitative estimate of drug-likeness (QED) is 0.256. The van der Waals surface area contributed by atoms with Gasteiger partial charge in [-0.2, -0.15) is 22.0 Å². The normalized spacial score (nSPS) is 30.7. The van der Waals surface area contributed by atoms with E-state index in [1.165, 1.54) is 0 Å². The lowest BCUT2D eigenvalue weighted by molar-refractivity contribution is -0.250. The van der Waals surface area contributed by atoms with E-state index in [0.717, 1.165) is 0 Å². The highest BCUT2D eigenvalue weighted by molar-refractivity contribution is 5.79. The highest BCUT2D eigenvalue weighted by atomic mass is 19.4. The summed E-state index contributed by atoms with van der Waals surface area (Å²) in [7, 11) is 0. The van der Waals surface area contributed by atoms with Crippen LogP contribution in [0, 0.1) is 11.8 Å². The first-order valence-corrected chi connectivity index (χ1v) is 10.8. The molecule has 6 nitrogen and oxygen atoms in total. The minimum atomic E-state index is -5.27. The van der Waals surface area contributed by atoms with Gasteiger partial charge >= 0.3 is 30.0 Å². The van der Waals surface area contributed by atoms with E-state index in [1.807, 2.05) is 0 Å². The number of alkyl halides is 7. The summed E-state index contributed by atoms with van der Waals surface area (Å²) in [5.74, 6) is -12.4. The van der Waals surface area contributed by atoms with Crippen molar-refractivity contribution in [3.05, 3.63) is 0 Å². The van der Waals surface area contributed by atoms with Gasteiger partial charge in [-0.1, -0.05) is 0 Å². The molecule has 0 aliphatic heterocycles. The van der Waals surface area contributed by atoms with Crippen molar-refractivity contribution in [2.24, 2.45) is 11.8 Å². The molecule has 4 fully saturated rings. The van der Waals surface area contributed by atoms with Gasteiger partial charge in [0, 0.05) is 13.3 Å². The van der Waals surface area contributed by atoms with Gasteiger partial charge in [0.15, 0.2) is 6.61 Å². The van der Waals surface area contributed by atoms with Gasteiger partial charge in [0.1, 0.15) is 17.6 Å². The number of hydrogen-bond acceptors (Lipinski definition) is 6. The molecule has 0 amide bonds. The van der Waals surface area contributed by atoms with Crippen molar-refractivity contribution >= 4 is 17.9 Å². The summed E-state index contributed by atoms with van der Waals surface area (Å²) in [6, 6.07) is 0. The molecule has 4 aliphatic carbocycles. The van der Waals surface area contributed by atoms with Crippen LogP contribution < -0.4 is 0 Å². The number of halogens is 7. The molecule has 0 N–H and O–H groups in total. The third-order valence-electron chi connectivity index (χ3n) is 6.33. The second kappa shape index (κ2) is 8.85. The Bertz CT molecular complexity index is 805. The molecule has 4 rings (SSSR count). The van der Waals surface area contributed by atoms with Gasteiger partial charge in [0.2, 0.25) is 0 Å². The first-order valence-electron chi connectivity index (χ1n) is 10.8. The molecule has 0 spiro atoms. The van der Waals surface area contributed by atoms with Gasteiger partial charge in [-0.25, -0.2) is 13.6 Å². The third-order valence-corrected chi connectivity index (χ3v) is 6.33. The zero-order valence-corrected chi connectivity index (χ0v) is 18.3. The molecule has 0 saturated heterocycles. The standard InChI is InChI=1S/C21H25F7O6/c1-17(22,23)11-32-14(29)2-3-15(30)33-18-5-12-4-13(6-18)8-19(7-12,9-18)34-16(31)20(24,25)10-21(26,27)28/h12-13H,2-11H2,1H3. The lowest BCUT2D eigenvalue weighted by Crippen LogP contribution is -2.62. The molecule has 2 atom stereocenters. The van der Waals surface area contributed by atoms with Crippen LogP contribution in [0.5, 0.6) is 0 Å². The smallest absolute Gasteiger partial charge is 0.395 e. The number of hydrogen-bond donors (Lipinski definition) is 0. The topological polar surface area (TPSA) is 78.9 Å². The summed E-state index contributed by atoms with van der Waals surface area (Å²) in [4.78, 5) is 35.9. The Morgan fingerprint density at radius 3 is 1.82 bits per heavy atom. The van der Waals surface area contributed by atoms with Crippen LogP contribution in [0.3, 0.4) is 0 Å². The van der Waals surface area contributed by atoms with Crippen LogP contribution in [0.2, 0.25) is 0 Å². The van der Waals surface area contributed by atoms with Crippen molar-refractivity contribution in [3.63, 3.8) is 0 Å². The monoisotopic (exact) mass is 506 g/mol. The minimum Gasteiger partial charge on any atom is -0.459 e. The van der Waals surface area contributed by atoms with E-state index in [0.29, 0.717) is 26.2 Å². The predicted octanol–water partition coefficient (Wildman–Crippen LogP) is 4.73. The number of esters is 3. The van der Waals surface area contributed by atoms with Gasteiger partial charge in [0.25, 0.3) is 5.92 Å². The second-order valence-corrected chi connectivity index (χ2v) is 9.92. The van der Waals surface area contributed by atoms with Gasteiger partial charge < -0.3 is 14.2 Å². The maximum atomic E-state index is 13.8. The Kier molecular flexibility index (Phi) is 6.91. The summed E-state index contributed by atoms with van der Waals surface area (Å²) in [5.41, 5.74) is -2.64. The van der Waals surface area contributed by atoms with Crippen molar-refractivity contribution in [1.82, 2.24) is 0 Å². The fourth-order valence-electron chi connectivity index (χ4n) is 5.71. The molecular weight excluding hydrogens is 481 g/mol. The van der Waals surface area contributed by atoms with E-state index in [-0.39, 0.29) is 31.1 Å². The molecule has 0 aromatic heterocycles. The lowest BCUT2D eigenvalue weighted by Gasteiger charge is -2.60. The molecule has 4 saturated carbocycles. The number of rotatable bonds is 9. The average Bonchev–Trinajstić information content (AvgIpc) is 2.60. The van der Waals surface area contributed by atoms with Crippen molar-refractivity contribution in [2.75, 3.05) is 6.61 Å². The molecule has 13 heteroatoms. The Labute approximate surface area is 190 Å². The van der Waals surface area contributed by atoms with Crippen LogP contribution >= 0.6 is 0 Å². The highest BCUT2D eigenvalue weighted by Crippen LogP contribution is 2.60. The SMILES string of the molecule is CC(F)(F)COC(=O)CCC(=O)OC12CC3CC(C1)CC(OC(=O)C(F)(F)CC(F)(F)F)(C3)C2. The summed E-state index contributed by atoms with van der Waals surface area (Å²) >= 11 is 0. The van der Waals surface area contributed by atoms with Crippen LogP contribution in [-0.2, 0) is 28.6 Å². The van der Waals surface area contributed by atoms with Crippen LogP contribution in [0.15, 0.2) is 0 Å². The van der Waals surface area contributed by atoms with Crippen LogP contribution in [0.25, 0.3) is 0 Å². The lowest BCUT2D eigenvalue weighted by atomic mass is 9.52. The van der Waals surface area contributed by atoms with Crippen LogP contribution in [0.4, 0.5) is 30.7 Å². The summed E-state index contributed by atoms with van der Waals surface area (Å²) < 4.78 is 105. The number of ether oxygens (including phenoxy) is 3. The predicted molar refractivity (Wildman–Crippen MR) is 98.8 cm³/mol. The van der Waals surface area contributed by atoms with Gasteiger partial charge in [-0.05, 0) is 43.9 Å². The van der Waals surface area contributed by atoms with E-state index >= 15 is 0 Å². The average molecular weight is 506 g/mol. The summed E-state index contributed by atoms with van der Waals surface area (Å²) in [6.07, 6.45) is -7.28. The van der Waals surface area contributed by atoms with E-state index in [1.54, 1.807) is 0 Å². The molecular formula is C21H25F7O6. The zero-order valence-electron chi connectivity index (χ0n) is 18.3. The van der Waals surface area contributed by atoms with Crippen molar-refractivity contribution in [1.29, 1.82) is 0 Å². The van der Waals surface area contributed by atoms with E-state index < -0.39 is 73.0 Å². The van der Waals surface area contributed by atoms with Crippen molar-refractivity contribution in [3.8, 4) is 0 Å². The third kappa shape index (κ3) is 6.74. The Morgan fingerprint density at radius 2 is 1.32 bits per heavy atom. The van der Waals surface area contributed by atoms with Gasteiger partial charge in [0.05, 0.1) is 12.8 Å².